The molecule has 2 aromatic carbocycles. The van der Waals surface area contributed by atoms with E-state index in [4.69, 9.17) is 5.73 Å². The van der Waals surface area contributed by atoms with Gasteiger partial charge in [0.05, 0.1) is 11.9 Å². The Morgan fingerprint density at radius 3 is 2.42 bits per heavy atom. The van der Waals surface area contributed by atoms with Gasteiger partial charge in [0.1, 0.15) is 5.65 Å². The Morgan fingerprint density at radius 2 is 1.71 bits per heavy atom. The number of aromatic amines is 1. The number of fused-ring (bicyclic) bond motifs is 1. The molecule has 2 heterocycles. The largest absolute Gasteiger partial charge is 0.366 e. The number of carbonyl (C=O) groups excluding carboxylic acids is 2. The highest BCUT2D eigenvalue weighted by Crippen LogP contribution is 2.25. The van der Waals surface area contributed by atoms with Gasteiger partial charge in [-0.2, -0.15) is 0 Å². The van der Waals surface area contributed by atoms with E-state index in [0.29, 0.717) is 22.6 Å². The van der Waals surface area contributed by atoms with Crippen molar-refractivity contribution in [2.45, 2.75) is 0 Å². The summed E-state index contributed by atoms with van der Waals surface area (Å²) in [7, 11) is 0. The van der Waals surface area contributed by atoms with E-state index < -0.39 is 11.9 Å². The molecule has 5 N–H and O–H groups in total. The van der Waals surface area contributed by atoms with Crippen LogP contribution in [0.2, 0.25) is 0 Å². The summed E-state index contributed by atoms with van der Waals surface area (Å²) in [6.45, 7) is 0. The number of H-pyrrole nitrogens is 1. The number of benzene rings is 2. The van der Waals surface area contributed by atoms with E-state index in [-0.39, 0.29) is 0 Å². The molecule has 0 spiro atoms. The van der Waals surface area contributed by atoms with Gasteiger partial charge in [0.2, 0.25) is 5.91 Å². The third kappa shape index (κ3) is 4.81. The average molecular weight is 476 g/mol. The summed E-state index contributed by atoms with van der Waals surface area (Å²) in [4.78, 5) is 31.8. The number of primary amides is 1. The lowest BCUT2D eigenvalue weighted by atomic mass is 10.0. The molecule has 4 rings (SSSR count). The van der Waals surface area contributed by atoms with Crippen molar-refractivity contribution in [1.82, 2.24) is 9.97 Å². The van der Waals surface area contributed by atoms with Gasteiger partial charge in [-0.1, -0.05) is 46.3 Å². The van der Waals surface area contributed by atoms with Gasteiger partial charge in [0, 0.05) is 32.9 Å². The molecule has 0 aliphatic rings. The van der Waals surface area contributed by atoms with Crippen molar-refractivity contribution in [3.63, 3.8) is 0 Å². The molecule has 3 amide bonds. The van der Waals surface area contributed by atoms with Crippen molar-refractivity contribution in [2.75, 3.05) is 10.6 Å². The minimum Gasteiger partial charge on any atom is -0.366 e. The fourth-order valence-electron chi connectivity index (χ4n) is 3.11. The Kier molecular flexibility index (Phi) is 5.81. The molecule has 0 saturated heterocycles. The number of amides is 3. The zero-order valence-electron chi connectivity index (χ0n) is 16.2. The summed E-state index contributed by atoms with van der Waals surface area (Å²) in [6.07, 6.45) is 5.01. The van der Waals surface area contributed by atoms with Crippen LogP contribution in [0.25, 0.3) is 22.7 Å². The molecule has 0 fully saturated rings. The van der Waals surface area contributed by atoms with Gasteiger partial charge in [-0.25, -0.2) is 9.78 Å². The fourth-order valence-corrected chi connectivity index (χ4v) is 3.37. The maximum atomic E-state index is 12.3. The number of aromatic nitrogens is 2. The molecule has 0 unspecified atom stereocenters. The topological polar surface area (TPSA) is 113 Å². The highest BCUT2D eigenvalue weighted by molar-refractivity contribution is 9.10. The maximum absolute atomic E-state index is 12.3. The summed E-state index contributed by atoms with van der Waals surface area (Å²) in [5.41, 5.74) is 9.24. The number of rotatable bonds is 5. The zero-order valence-corrected chi connectivity index (χ0v) is 17.8. The predicted molar refractivity (Wildman–Crippen MR) is 126 cm³/mol. The number of hydrogen-bond donors (Lipinski definition) is 4. The van der Waals surface area contributed by atoms with Gasteiger partial charge in [-0.3, -0.25) is 4.79 Å². The van der Waals surface area contributed by atoms with Crippen molar-refractivity contribution in [3.8, 4) is 0 Å². The van der Waals surface area contributed by atoms with Crippen molar-refractivity contribution >= 4 is 61.9 Å². The third-order valence-corrected chi connectivity index (χ3v) is 5.10. The second kappa shape index (κ2) is 8.85. The van der Waals surface area contributed by atoms with Gasteiger partial charge in [0.15, 0.2) is 0 Å². The van der Waals surface area contributed by atoms with Crippen LogP contribution in [0.4, 0.5) is 16.2 Å². The van der Waals surface area contributed by atoms with E-state index in [9.17, 15) is 9.59 Å². The summed E-state index contributed by atoms with van der Waals surface area (Å²) >= 11 is 3.36. The second-order valence-electron chi connectivity index (χ2n) is 6.74. The van der Waals surface area contributed by atoms with Crippen LogP contribution in [0.5, 0.6) is 0 Å². The molecular formula is C23H18BrN5O2. The van der Waals surface area contributed by atoms with Crippen LogP contribution in [-0.4, -0.2) is 21.9 Å². The Hall–Kier alpha value is -3.91. The lowest BCUT2D eigenvalue weighted by Crippen LogP contribution is -2.19. The van der Waals surface area contributed by atoms with Crippen molar-refractivity contribution in [3.05, 3.63) is 88.7 Å². The maximum Gasteiger partial charge on any atom is 0.323 e. The standard InChI is InChI=1S/C23H18BrN5O2/c24-16-6-8-17(9-7-16)28-23(31)29-18-11-20-15(12-26-22(20)27-13-18)10-19(21(25)30)14-4-2-1-3-5-14/h1-13H,(H2,25,30)(H,26,27)(H2,28,29,31)/b19-10+. The fraction of sp³-hybridized carbons (Fsp3) is 0. The highest BCUT2D eigenvalue weighted by atomic mass is 79.9. The molecular weight excluding hydrogens is 458 g/mol. The lowest BCUT2D eigenvalue weighted by Gasteiger charge is -2.08. The first kappa shape index (κ1) is 20.4. The number of anilines is 2. The zero-order chi connectivity index (χ0) is 21.8. The molecule has 0 atom stereocenters. The number of nitrogens with zero attached hydrogens (tertiary/aromatic N) is 1. The smallest absolute Gasteiger partial charge is 0.323 e. The molecule has 0 aliphatic carbocycles. The van der Waals surface area contributed by atoms with Gasteiger partial charge < -0.3 is 21.4 Å². The van der Waals surface area contributed by atoms with Gasteiger partial charge in [0.25, 0.3) is 0 Å². The van der Waals surface area contributed by atoms with Gasteiger partial charge in [-0.15, -0.1) is 0 Å². The van der Waals surface area contributed by atoms with Gasteiger partial charge in [-0.05, 0) is 42.0 Å². The molecule has 0 saturated carbocycles. The van der Waals surface area contributed by atoms with Crippen LogP contribution in [0.3, 0.4) is 0 Å². The Balaban J connectivity index is 1.60. The Labute approximate surface area is 186 Å². The van der Waals surface area contributed by atoms with Crippen LogP contribution in [0.1, 0.15) is 11.1 Å². The quantitative estimate of drug-likeness (QED) is 0.304. The van der Waals surface area contributed by atoms with E-state index >= 15 is 0 Å². The minimum atomic E-state index is -0.531. The summed E-state index contributed by atoms with van der Waals surface area (Å²) in [6, 6.07) is 17.8. The molecule has 0 bridgehead atoms. The molecule has 8 heteroatoms. The molecule has 154 valence electrons. The molecule has 7 nitrogen and oxygen atoms in total. The Morgan fingerprint density at radius 1 is 1.00 bits per heavy atom. The first-order chi connectivity index (χ1) is 15.0. The van der Waals surface area contributed by atoms with E-state index in [1.807, 2.05) is 42.5 Å². The van der Waals surface area contributed by atoms with E-state index in [1.165, 1.54) is 0 Å². The molecule has 4 aromatic rings. The highest BCUT2D eigenvalue weighted by Gasteiger charge is 2.12. The van der Waals surface area contributed by atoms with E-state index in [1.54, 1.807) is 36.7 Å². The number of halogens is 1. The van der Waals surface area contributed by atoms with E-state index in [0.717, 1.165) is 21.0 Å². The van der Waals surface area contributed by atoms with Crippen LogP contribution in [0, 0.1) is 0 Å². The monoisotopic (exact) mass is 475 g/mol. The first-order valence-electron chi connectivity index (χ1n) is 9.37. The number of nitrogens with one attached hydrogen (secondary N) is 3. The normalized spacial score (nSPS) is 11.3. The molecule has 2 aromatic heterocycles. The number of urea groups is 1. The average Bonchev–Trinajstić information content (AvgIpc) is 3.16. The molecule has 0 radical (unpaired) electrons. The number of pyridine rings is 1. The van der Waals surface area contributed by atoms with Crippen molar-refractivity contribution < 1.29 is 9.59 Å². The number of carbonyl (C=O) groups is 2. The van der Waals surface area contributed by atoms with Crippen molar-refractivity contribution in [2.24, 2.45) is 5.73 Å². The first-order valence-corrected chi connectivity index (χ1v) is 10.2. The minimum absolute atomic E-state index is 0.382. The molecule has 31 heavy (non-hydrogen) atoms. The van der Waals surface area contributed by atoms with E-state index in [2.05, 4.69) is 36.5 Å². The Bertz CT molecular complexity index is 1280. The summed E-state index contributed by atoms with van der Waals surface area (Å²) in [5.74, 6) is -0.531. The van der Waals surface area contributed by atoms with Crippen LogP contribution < -0.4 is 16.4 Å². The summed E-state index contributed by atoms with van der Waals surface area (Å²) in [5, 5.41) is 6.28. The molecule has 0 aliphatic heterocycles. The van der Waals surface area contributed by atoms with Crippen LogP contribution in [0.15, 0.2) is 77.5 Å². The predicted octanol–water partition coefficient (Wildman–Crippen LogP) is 5.00. The third-order valence-electron chi connectivity index (χ3n) is 4.57. The summed E-state index contributed by atoms with van der Waals surface area (Å²) < 4.78 is 0.923. The van der Waals surface area contributed by atoms with Crippen LogP contribution >= 0.6 is 15.9 Å². The lowest BCUT2D eigenvalue weighted by molar-refractivity contribution is -0.112. The number of nitrogens with two attached hydrogens (primary N) is 1. The van der Waals surface area contributed by atoms with Gasteiger partial charge >= 0.3 is 6.03 Å². The SMILES string of the molecule is NC(=O)/C(=C/c1c[nH]c2ncc(NC(=O)Nc3ccc(Br)cc3)cc12)c1ccccc1. The second-order valence-corrected chi connectivity index (χ2v) is 7.65. The van der Waals surface area contributed by atoms with Crippen LogP contribution in [-0.2, 0) is 4.79 Å². The number of hydrogen-bond acceptors (Lipinski definition) is 3. The van der Waals surface area contributed by atoms with Crippen molar-refractivity contribution in [1.29, 1.82) is 0 Å².